The van der Waals surface area contributed by atoms with Crippen LogP contribution in [0.2, 0.25) is 5.02 Å². The van der Waals surface area contributed by atoms with Crippen LogP contribution in [0.1, 0.15) is 39.2 Å². The molecule has 31 heavy (non-hydrogen) atoms. The van der Waals surface area contributed by atoms with Crippen molar-refractivity contribution < 1.29 is 5.11 Å². The second-order valence-electron chi connectivity index (χ2n) is 9.71. The molecule has 7 nitrogen and oxygen atoms in total. The number of hydrogen-bond acceptors (Lipinski definition) is 6. The van der Waals surface area contributed by atoms with Crippen molar-refractivity contribution in [3.8, 4) is 0 Å². The van der Waals surface area contributed by atoms with Gasteiger partial charge in [-0.15, -0.1) is 0 Å². The van der Waals surface area contributed by atoms with E-state index in [4.69, 9.17) is 11.6 Å². The average Bonchev–Trinajstić information content (AvgIpc) is 2.75. The van der Waals surface area contributed by atoms with Crippen LogP contribution in [0, 0.1) is 23.2 Å². The van der Waals surface area contributed by atoms with Crippen LogP contribution < -0.4 is 16.2 Å². The van der Waals surface area contributed by atoms with Gasteiger partial charge in [-0.2, -0.15) is 5.10 Å². The summed E-state index contributed by atoms with van der Waals surface area (Å²) < 4.78 is 1.23. The number of nitrogens with zero attached hydrogens (tertiary/aromatic N) is 3. The van der Waals surface area contributed by atoms with Crippen LogP contribution in [-0.2, 0) is 13.1 Å². The van der Waals surface area contributed by atoms with Gasteiger partial charge in [-0.25, -0.2) is 4.68 Å². The molecule has 0 radical (unpaired) electrons. The lowest BCUT2D eigenvalue weighted by Crippen LogP contribution is -2.58. The molecule has 3 fully saturated rings. The van der Waals surface area contributed by atoms with Gasteiger partial charge in [0.2, 0.25) is 0 Å². The van der Waals surface area contributed by atoms with Gasteiger partial charge >= 0.3 is 0 Å². The number of fused-ring (bicyclic) bond motifs is 2. The summed E-state index contributed by atoms with van der Waals surface area (Å²) >= 11 is 6.40. The van der Waals surface area contributed by atoms with Crippen molar-refractivity contribution >= 4 is 17.3 Å². The molecule has 2 aromatic heterocycles. The van der Waals surface area contributed by atoms with Gasteiger partial charge < -0.3 is 15.7 Å². The predicted octanol–water partition coefficient (Wildman–Crippen LogP) is 2.93. The summed E-state index contributed by atoms with van der Waals surface area (Å²) in [4.78, 5) is 16.7. The topological polar surface area (TPSA) is 92.1 Å². The number of pyridine rings is 1. The molecule has 3 aliphatic rings. The maximum absolute atomic E-state index is 12.7. The van der Waals surface area contributed by atoms with Crippen LogP contribution >= 0.6 is 11.6 Å². The van der Waals surface area contributed by atoms with Crippen LogP contribution in [0.25, 0.3) is 0 Å². The lowest BCUT2D eigenvalue weighted by molar-refractivity contribution is -0.105. The van der Waals surface area contributed by atoms with Crippen LogP contribution in [0.4, 0.5) is 5.69 Å². The quantitative estimate of drug-likeness (QED) is 0.578. The van der Waals surface area contributed by atoms with E-state index in [1.54, 1.807) is 18.6 Å². The highest BCUT2D eigenvalue weighted by Crippen LogP contribution is 2.61. The van der Waals surface area contributed by atoms with E-state index in [1.165, 1.54) is 11.1 Å². The van der Waals surface area contributed by atoms with Crippen LogP contribution in [0.3, 0.4) is 0 Å². The zero-order valence-corrected chi connectivity index (χ0v) is 19.1. The van der Waals surface area contributed by atoms with Crippen molar-refractivity contribution in [2.75, 3.05) is 11.9 Å². The molecular weight excluding hydrogens is 414 g/mol. The Labute approximate surface area is 188 Å². The number of nitrogens with one attached hydrogen (secondary N) is 2. The second kappa shape index (κ2) is 8.88. The molecule has 8 heteroatoms. The highest BCUT2D eigenvalue weighted by molar-refractivity contribution is 6.32. The van der Waals surface area contributed by atoms with E-state index in [-0.39, 0.29) is 17.1 Å². The van der Waals surface area contributed by atoms with Crippen molar-refractivity contribution in [1.82, 2.24) is 20.1 Å². The van der Waals surface area contributed by atoms with Gasteiger partial charge in [0, 0.05) is 31.5 Å². The summed E-state index contributed by atoms with van der Waals surface area (Å²) in [5.74, 6) is 1.94. The molecule has 0 amide bonds. The van der Waals surface area contributed by atoms with Crippen molar-refractivity contribution in [3.63, 3.8) is 0 Å². The van der Waals surface area contributed by atoms with Gasteiger partial charge in [0.15, 0.2) is 0 Å². The molecule has 5 rings (SSSR count). The van der Waals surface area contributed by atoms with Crippen LogP contribution in [0.15, 0.2) is 35.5 Å². The first-order valence-corrected chi connectivity index (χ1v) is 11.4. The first-order chi connectivity index (χ1) is 14.8. The molecule has 168 valence electrons. The predicted molar refractivity (Wildman–Crippen MR) is 122 cm³/mol. The summed E-state index contributed by atoms with van der Waals surface area (Å²) in [6.07, 6.45) is 6.70. The zero-order chi connectivity index (χ0) is 22.2. The number of aliphatic hydroxyl groups excluding tert-OH is 1. The van der Waals surface area contributed by atoms with Gasteiger partial charge in [-0.3, -0.25) is 9.78 Å². The number of aromatic nitrogens is 3. The van der Waals surface area contributed by atoms with E-state index in [9.17, 15) is 9.90 Å². The van der Waals surface area contributed by atoms with Crippen LogP contribution in [-0.4, -0.2) is 38.6 Å². The summed E-state index contributed by atoms with van der Waals surface area (Å²) in [6.45, 7) is 8.06. The highest BCUT2D eigenvalue weighted by Gasteiger charge is 2.56. The van der Waals surface area contributed by atoms with Crippen LogP contribution in [0.5, 0.6) is 0 Å². The normalized spacial score (nSPS) is 27.4. The Balaban J connectivity index is 1.34. The molecule has 2 bridgehead atoms. The Morgan fingerprint density at radius 2 is 2.06 bits per heavy atom. The van der Waals surface area contributed by atoms with Crippen molar-refractivity contribution in [2.45, 2.75) is 58.8 Å². The number of rotatable bonds is 8. The maximum Gasteiger partial charge on any atom is 0.287 e. The fourth-order valence-electron chi connectivity index (χ4n) is 5.38. The smallest absolute Gasteiger partial charge is 0.287 e. The van der Waals surface area contributed by atoms with Gasteiger partial charge in [0.1, 0.15) is 5.02 Å². The summed E-state index contributed by atoms with van der Waals surface area (Å²) in [5.41, 5.74) is 1.69. The number of aliphatic hydroxyl groups is 1. The first kappa shape index (κ1) is 22.2. The number of halogens is 1. The monoisotopic (exact) mass is 445 g/mol. The Morgan fingerprint density at radius 3 is 2.74 bits per heavy atom. The van der Waals surface area contributed by atoms with E-state index in [2.05, 4.69) is 41.5 Å². The van der Waals surface area contributed by atoms with Gasteiger partial charge in [0.25, 0.3) is 5.56 Å². The minimum Gasteiger partial charge on any atom is -0.390 e. The third-order valence-corrected chi connectivity index (χ3v) is 7.89. The minimum absolute atomic E-state index is 0.0837. The zero-order valence-electron chi connectivity index (χ0n) is 18.4. The largest absolute Gasteiger partial charge is 0.390 e. The lowest BCUT2D eigenvalue weighted by atomic mass is 9.45. The molecule has 0 aliphatic heterocycles. The third-order valence-electron chi connectivity index (χ3n) is 7.52. The van der Waals surface area contributed by atoms with E-state index >= 15 is 0 Å². The Bertz CT molecular complexity index is 964. The van der Waals surface area contributed by atoms with E-state index in [0.29, 0.717) is 48.0 Å². The standard InChI is InChI=1S/C23H32ClN5O2/c1-14-18-8-16(23(18,2)3)9-19(14)28-20-12-27-29(22(31)21(20)24)13-17(30)11-26-10-15-4-6-25-7-5-15/h4-7,12,14,16-19,26,28,30H,8-11,13H2,1-3H3/t14-,16-,17+,18+,19-/m1/s1. The summed E-state index contributed by atoms with van der Waals surface area (Å²) in [7, 11) is 0. The third kappa shape index (κ3) is 4.49. The number of anilines is 1. The van der Waals surface area contributed by atoms with Crippen molar-refractivity contribution in [3.05, 3.63) is 51.7 Å². The van der Waals surface area contributed by atoms with E-state index in [1.807, 2.05) is 12.1 Å². The fraction of sp³-hybridized carbons (Fsp3) is 0.609. The fourth-order valence-corrected chi connectivity index (χ4v) is 5.58. The van der Waals surface area contributed by atoms with Crippen molar-refractivity contribution in [1.29, 1.82) is 0 Å². The van der Waals surface area contributed by atoms with E-state index < -0.39 is 6.10 Å². The molecule has 3 aliphatic carbocycles. The molecule has 3 N–H and O–H groups in total. The summed E-state index contributed by atoms with van der Waals surface area (Å²) in [5, 5.41) is 21.4. The molecule has 0 spiro atoms. The van der Waals surface area contributed by atoms with Gasteiger partial charge in [0.05, 0.1) is 24.5 Å². The van der Waals surface area contributed by atoms with Gasteiger partial charge in [-0.05, 0) is 53.7 Å². The minimum atomic E-state index is -0.755. The first-order valence-electron chi connectivity index (χ1n) is 11.1. The molecule has 0 aromatic carbocycles. The average molecular weight is 446 g/mol. The Morgan fingerprint density at radius 1 is 1.32 bits per heavy atom. The van der Waals surface area contributed by atoms with Gasteiger partial charge in [-0.1, -0.05) is 32.4 Å². The van der Waals surface area contributed by atoms with Crippen molar-refractivity contribution in [2.24, 2.45) is 23.2 Å². The van der Waals surface area contributed by atoms with E-state index in [0.717, 1.165) is 12.0 Å². The molecule has 2 heterocycles. The maximum atomic E-state index is 12.7. The SMILES string of the molecule is C[C@H]1[C@H](Nc2cnn(C[C@@H](O)CNCc3ccncc3)c(=O)c2Cl)C[C@H]2C[C@@H]1C2(C)C. The molecule has 5 atom stereocenters. The molecule has 0 unspecified atom stereocenters. The highest BCUT2D eigenvalue weighted by atomic mass is 35.5. The molecule has 2 aromatic rings. The molecule has 0 saturated heterocycles. The Hall–Kier alpha value is -1.96. The second-order valence-corrected chi connectivity index (χ2v) is 10.1. The Kier molecular flexibility index (Phi) is 6.37. The molecular formula is C23H32ClN5O2. The molecule has 3 saturated carbocycles. The number of hydrogen-bond donors (Lipinski definition) is 3. The lowest BCUT2D eigenvalue weighted by Gasteiger charge is -2.62. The summed E-state index contributed by atoms with van der Waals surface area (Å²) in [6, 6.07) is 4.12.